The van der Waals surface area contributed by atoms with Gasteiger partial charge in [0.25, 0.3) is 5.91 Å². The molecular weight excluding hydrogens is 364 g/mol. The van der Waals surface area contributed by atoms with E-state index in [-0.39, 0.29) is 29.0 Å². The summed E-state index contributed by atoms with van der Waals surface area (Å²) in [6.07, 6.45) is 1.71. The second kappa shape index (κ2) is 7.24. The molecule has 0 saturated heterocycles. The van der Waals surface area contributed by atoms with Gasteiger partial charge in [-0.2, -0.15) is 0 Å². The first-order chi connectivity index (χ1) is 13.8. The average Bonchev–Trinajstić information content (AvgIpc) is 2.69. The van der Waals surface area contributed by atoms with Gasteiger partial charge in [0.2, 0.25) is 0 Å². The highest BCUT2D eigenvalue weighted by Gasteiger charge is 2.30. The third-order valence-electron chi connectivity index (χ3n) is 5.55. The van der Waals surface area contributed by atoms with E-state index in [0.717, 1.165) is 46.6 Å². The maximum absolute atomic E-state index is 13.2. The minimum Gasteiger partial charge on any atom is -0.508 e. The number of aryl methyl sites for hydroxylation is 3. The molecule has 2 aromatic carbocycles. The predicted octanol–water partition coefficient (Wildman–Crippen LogP) is 4.76. The second-order valence-corrected chi connectivity index (χ2v) is 7.73. The zero-order chi connectivity index (χ0) is 20.7. The standard InChI is InChI=1S/C24H24N2O3/c1-14-4-5-15(2)25-23(14)18-8-11-21-17(12-18)7-6-16(3)26(21)24(29)20-10-9-19(27)13-22(20)28/h4-5,8-13,16,27-28H,6-7H2,1-3H3/t16-/m0/s1. The third kappa shape index (κ3) is 3.44. The second-order valence-electron chi connectivity index (χ2n) is 7.73. The van der Waals surface area contributed by atoms with Crippen molar-refractivity contribution in [1.29, 1.82) is 0 Å². The average molecular weight is 388 g/mol. The van der Waals surface area contributed by atoms with Crippen molar-refractivity contribution in [1.82, 2.24) is 4.98 Å². The van der Waals surface area contributed by atoms with Crippen LogP contribution in [0.5, 0.6) is 11.5 Å². The van der Waals surface area contributed by atoms with Crippen LogP contribution in [0.1, 0.15) is 40.5 Å². The van der Waals surface area contributed by atoms with Gasteiger partial charge in [-0.15, -0.1) is 0 Å². The van der Waals surface area contributed by atoms with Gasteiger partial charge in [-0.3, -0.25) is 9.78 Å². The molecule has 148 valence electrons. The summed E-state index contributed by atoms with van der Waals surface area (Å²) in [7, 11) is 0. The molecule has 4 rings (SSSR count). The number of pyridine rings is 1. The van der Waals surface area contributed by atoms with Crippen LogP contribution in [0.15, 0.2) is 48.5 Å². The molecule has 5 heteroatoms. The molecular formula is C24H24N2O3. The van der Waals surface area contributed by atoms with Crippen molar-refractivity contribution in [2.75, 3.05) is 4.90 Å². The van der Waals surface area contributed by atoms with Gasteiger partial charge in [-0.1, -0.05) is 12.1 Å². The van der Waals surface area contributed by atoms with Gasteiger partial charge in [0.1, 0.15) is 11.5 Å². The molecule has 1 atom stereocenters. The summed E-state index contributed by atoms with van der Waals surface area (Å²) in [6.45, 7) is 6.04. The van der Waals surface area contributed by atoms with Crippen molar-refractivity contribution < 1.29 is 15.0 Å². The van der Waals surface area contributed by atoms with Gasteiger partial charge >= 0.3 is 0 Å². The van der Waals surface area contributed by atoms with Crippen molar-refractivity contribution in [3.05, 3.63) is 70.9 Å². The Morgan fingerprint density at radius 3 is 2.62 bits per heavy atom. The predicted molar refractivity (Wildman–Crippen MR) is 114 cm³/mol. The molecule has 1 aromatic heterocycles. The number of nitrogens with zero attached hydrogens (tertiary/aromatic N) is 2. The molecule has 3 aromatic rings. The van der Waals surface area contributed by atoms with Crippen molar-refractivity contribution >= 4 is 11.6 Å². The molecule has 1 aliphatic heterocycles. The van der Waals surface area contributed by atoms with E-state index in [9.17, 15) is 15.0 Å². The quantitative estimate of drug-likeness (QED) is 0.664. The highest BCUT2D eigenvalue weighted by Crippen LogP contribution is 2.36. The summed E-state index contributed by atoms with van der Waals surface area (Å²) < 4.78 is 0. The van der Waals surface area contributed by atoms with E-state index in [1.807, 2.05) is 39.0 Å². The number of aromatic hydroxyl groups is 2. The fourth-order valence-corrected chi connectivity index (χ4v) is 3.96. The molecule has 0 fully saturated rings. The summed E-state index contributed by atoms with van der Waals surface area (Å²) >= 11 is 0. The maximum Gasteiger partial charge on any atom is 0.262 e. The number of amides is 1. The van der Waals surface area contributed by atoms with Gasteiger partial charge in [0, 0.05) is 29.1 Å². The number of carbonyl (C=O) groups is 1. The molecule has 0 saturated carbocycles. The van der Waals surface area contributed by atoms with Crippen molar-refractivity contribution in [2.45, 2.75) is 39.7 Å². The van der Waals surface area contributed by atoms with Crippen molar-refractivity contribution in [3.63, 3.8) is 0 Å². The van der Waals surface area contributed by atoms with E-state index in [0.29, 0.717) is 0 Å². The molecule has 0 unspecified atom stereocenters. The number of rotatable bonds is 2. The van der Waals surface area contributed by atoms with Gasteiger partial charge in [-0.05, 0) is 75.1 Å². The van der Waals surface area contributed by atoms with Crippen LogP contribution in [0.4, 0.5) is 5.69 Å². The van der Waals surface area contributed by atoms with Crippen molar-refractivity contribution in [2.24, 2.45) is 0 Å². The molecule has 1 amide bonds. The van der Waals surface area contributed by atoms with E-state index in [2.05, 4.69) is 12.1 Å². The minimum atomic E-state index is -0.270. The fourth-order valence-electron chi connectivity index (χ4n) is 3.96. The number of aromatic nitrogens is 1. The lowest BCUT2D eigenvalue weighted by molar-refractivity contribution is 0.0972. The zero-order valence-corrected chi connectivity index (χ0v) is 16.8. The molecule has 1 aliphatic rings. The summed E-state index contributed by atoms with van der Waals surface area (Å²) in [6, 6.07) is 14.2. The largest absolute Gasteiger partial charge is 0.508 e. The Balaban J connectivity index is 1.76. The number of hydrogen-bond donors (Lipinski definition) is 2. The molecule has 0 radical (unpaired) electrons. The van der Waals surface area contributed by atoms with Crippen molar-refractivity contribution in [3.8, 4) is 22.8 Å². The van der Waals surface area contributed by atoms with E-state index in [1.165, 1.54) is 18.2 Å². The van der Waals surface area contributed by atoms with Gasteiger partial charge < -0.3 is 15.1 Å². The van der Waals surface area contributed by atoms with Crippen LogP contribution < -0.4 is 4.90 Å². The normalized spacial score (nSPS) is 15.8. The fraction of sp³-hybridized carbons (Fsp3) is 0.250. The SMILES string of the molecule is Cc1ccc(C)c(-c2ccc3c(c2)CC[C@H](C)N3C(=O)c2ccc(O)cc2O)n1. The Morgan fingerprint density at radius 1 is 1.07 bits per heavy atom. The molecule has 2 N–H and O–H groups in total. The summed E-state index contributed by atoms with van der Waals surface area (Å²) in [5.41, 5.74) is 6.21. The summed E-state index contributed by atoms with van der Waals surface area (Å²) in [4.78, 5) is 19.7. The van der Waals surface area contributed by atoms with Crippen LogP contribution in [-0.4, -0.2) is 27.1 Å². The number of carbonyl (C=O) groups excluding carboxylic acids is 1. The number of phenolic OH excluding ortho intramolecular Hbond substituents is 2. The molecule has 29 heavy (non-hydrogen) atoms. The lowest BCUT2D eigenvalue weighted by Gasteiger charge is -2.35. The molecule has 0 aliphatic carbocycles. The minimum absolute atomic E-state index is 0.00730. The first-order valence-electron chi connectivity index (χ1n) is 9.78. The van der Waals surface area contributed by atoms with E-state index < -0.39 is 0 Å². The smallest absolute Gasteiger partial charge is 0.262 e. The number of phenols is 2. The van der Waals surface area contributed by atoms with Crippen LogP contribution in [0.2, 0.25) is 0 Å². The third-order valence-corrected chi connectivity index (χ3v) is 5.55. The number of fused-ring (bicyclic) bond motifs is 1. The zero-order valence-electron chi connectivity index (χ0n) is 16.8. The van der Waals surface area contributed by atoms with Gasteiger partial charge in [-0.25, -0.2) is 0 Å². The van der Waals surface area contributed by atoms with Crippen LogP contribution in [0.25, 0.3) is 11.3 Å². The number of anilines is 1. The molecule has 0 bridgehead atoms. The first-order valence-corrected chi connectivity index (χ1v) is 9.78. The lowest BCUT2D eigenvalue weighted by Crippen LogP contribution is -2.42. The van der Waals surface area contributed by atoms with Crippen LogP contribution >= 0.6 is 0 Å². The Kier molecular flexibility index (Phi) is 4.74. The maximum atomic E-state index is 13.2. The number of benzene rings is 2. The van der Waals surface area contributed by atoms with Gasteiger partial charge in [0.05, 0.1) is 11.3 Å². The molecule has 2 heterocycles. The van der Waals surface area contributed by atoms with Gasteiger partial charge in [0.15, 0.2) is 0 Å². The molecule has 5 nitrogen and oxygen atoms in total. The monoisotopic (exact) mass is 388 g/mol. The Bertz CT molecular complexity index is 1110. The first kappa shape index (κ1) is 19.0. The summed E-state index contributed by atoms with van der Waals surface area (Å²) in [5, 5.41) is 19.7. The Hall–Kier alpha value is -3.34. The van der Waals surface area contributed by atoms with E-state index in [1.54, 1.807) is 4.90 Å². The highest BCUT2D eigenvalue weighted by molar-refractivity contribution is 6.09. The van der Waals surface area contributed by atoms with E-state index >= 15 is 0 Å². The molecule has 0 spiro atoms. The number of hydrogen-bond acceptors (Lipinski definition) is 4. The van der Waals surface area contributed by atoms with Crippen LogP contribution in [0.3, 0.4) is 0 Å². The van der Waals surface area contributed by atoms with Crippen LogP contribution in [-0.2, 0) is 6.42 Å². The van der Waals surface area contributed by atoms with E-state index in [4.69, 9.17) is 4.98 Å². The summed E-state index contributed by atoms with van der Waals surface area (Å²) in [5.74, 6) is -0.559. The Labute approximate surface area is 170 Å². The topological polar surface area (TPSA) is 73.7 Å². The highest BCUT2D eigenvalue weighted by atomic mass is 16.3. The lowest BCUT2D eigenvalue weighted by atomic mass is 9.92. The van der Waals surface area contributed by atoms with Crippen LogP contribution in [0, 0.1) is 13.8 Å². The Morgan fingerprint density at radius 2 is 1.86 bits per heavy atom.